The molecule has 0 spiro atoms. The number of benzene rings is 1. The Hall–Kier alpha value is -2.80. The smallest absolute Gasteiger partial charge is 0.484 e. The zero-order valence-electron chi connectivity index (χ0n) is 13.9. The van der Waals surface area contributed by atoms with E-state index in [1.54, 1.807) is 30.3 Å². The van der Waals surface area contributed by atoms with Crippen molar-refractivity contribution in [2.45, 2.75) is 11.4 Å². The quantitative estimate of drug-likeness (QED) is 0.450. The zero-order chi connectivity index (χ0) is 20.5. The highest BCUT2D eigenvalue weighted by Gasteiger charge is 2.55. The first-order valence-corrected chi connectivity index (χ1v) is 10.1. The molecule has 2 amide bonds. The average molecular weight is 432 g/mol. The number of hydrogen-bond acceptors (Lipinski definition) is 8. The van der Waals surface area contributed by atoms with Crippen LogP contribution in [0.3, 0.4) is 0 Å². The number of carboxylic acid groups (broad SMARTS) is 1. The average Bonchev–Trinajstić information content (AvgIpc) is 2.63. The summed E-state index contributed by atoms with van der Waals surface area (Å²) in [6.45, 7) is -0.360. The van der Waals surface area contributed by atoms with Crippen LogP contribution in [0.2, 0.25) is 0 Å². The van der Waals surface area contributed by atoms with Gasteiger partial charge in [-0.05, 0) is 12.1 Å². The third-order valence-electron chi connectivity index (χ3n) is 3.77. The van der Waals surface area contributed by atoms with Gasteiger partial charge in [0.25, 0.3) is 11.8 Å². The fourth-order valence-electron chi connectivity index (χ4n) is 2.66. The molecule has 150 valence electrons. The molecule has 10 nitrogen and oxygen atoms in total. The second-order valence-electron chi connectivity index (χ2n) is 5.61. The van der Waals surface area contributed by atoms with Gasteiger partial charge in [0.15, 0.2) is 18.1 Å². The van der Waals surface area contributed by atoms with Crippen molar-refractivity contribution in [2.75, 3.05) is 12.4 Å². The number of fused-ring (bicyclic) bond motifs is 1. The Kier molecular flexibility index (Phi) is 5.47. The van der Waals surface area contributed by atoms with Gasteiger partial charge in [-0.3, -0.25) is 14.5 Å². The molecular weight excluding hydrogens is 419 g/mol. The number of β-lactam (4-membered cyclic amide) rings is 1. The van der Waals surface area contributed by atoms with Gasteiger partial charge >= 0.3 is 16.5 Å². The van der Waals surface area contributed by atoms with Crippen LogP contribution in [-0.2, 0) is 29.1 Å². The second-order valence-corrected chi connectivity index (χ2v) is 7.67. The van der Waals surface area contributed by atoms with Crippen LogP contribution in [0, 0.1) is 0 Å². The predicted octanol–water partition coefficient (Wildman–Crippen LogP) is -0.00760. The van der Waals surface area contributed by atoms with Crippen molar-refractivity contribution in [2.24, 2.45) is 0 Å². The van der Waals surface area contributed by atoms with Gasteiger partial charge in [0, 0.05) is 0 Å². The summed E-state index contributed by atoms with van der Waals surface area (Å²) in [7, 11) is -5.45. The molecule has 1 aromatic carbocycles. The summed E-state index contributed by atoms with van der Waals surface area (Å²) >= 11 is 0.923. The van der Waals surface area contributed by atoms with Crippen LogP contribution in [0.25, 0.3) is 0 Å². The fraction of sp³-hybridized carbons (Fsp3) is 0.267. The number of para-hydroxylation sites is 1. The number of rotatable bonds is 7. The highest BCUT2D eigenvalue weighted by atomic mass is 32.3. The molecule has 0 bridgehead atoms. The van der Waals surface area contributed by atoms with Crippen molar-refractivity contribution < 1.29 is 40.7 Å². The number of nitrogens with one attached hydrogen (secondary N) is 1. The lowest BCUT2D eigenvalue weighted by molar-refractivity contribution is -0.151. The van der Waals surface area contributed by atoms with Crippen LogP contribution in [0.15, 0.2) is 41.8 Å². The largest absolute Gasteiger partial charge is 0.488 e. The summed E-state index contributed by atoms with van der Waals surface area (Å²) in [6.07, 6.45) is 0. The third kappa shape index (κ3) is 4.20. The van der Waals surface area contributed by atoms with Gasteiger partial charge in [-0.1, -0.05) is 22.1 Å². The first-order valence-electron chi connectivity index (χ1n) is 7.70. The van der Waals surface area contributed by atoms with Gasteiger partial charge in [0.05, 0.1) is 5.75 Å². The molecule has 1 fully saturated rings. The molecule has 2 aliphatic rings. The van der Waals surface area contributed by atoms with E-state index in [1.807, 2.05) is 0 Å². The molecule has 28 heavy (non-hydrogen) atoms. The van der Waals surface area contributed by atoms with E-state index in [-0.39, 0.29) is 12.4 Å². The minimum Gasteiger partial charge on any atom is -0.484 e. The Labute approximate surface area is 162 Å². The van der Waals surface area contributed by atoms with Gasteiger partial charge in [0.2, 0.25) is 0 Å². The fourth-order valence-corrected chi connectivity index (χ4v) is 4.36. The van der Waals surface area contributed by atoms with Crippen molar-refractivity contribution in [3.63, 3.8) is 0 Å². The molecule has 13 heteroatoms. The van der Waals surface area contributed by atoms with E-state index in [1.165, 1.54) is 0 Å². The van der Waals surface area contributed by atoms with Crippen LogP contribution >= 0.6 is 11.8 Å². The van der Waals surface area contributed by atoms with Crippen molar-refractivity contribution in [1.82, 2.24) is 10.2 Å². The molecule has 2 heterocycles. The van der Waals surface area contributed by atoms with E-state index in [9.17, 15) is 31.8 Å². The number of carboxylic acids is 1. The minimum absolute atomic E-state index is 0.313. The van der Waals surface area contributed by atoms with Crippen LogP contribution in [0.1, 0.15) is 0 Å². The van der Waals surface area contributed by atoms with Gasteiger partial charge in [-0.15, -0.1) is 11.8 Å². The maximum atomic E-state index is 12.8. The monoisotopic (exact) mass is 432 g/mol. The molecule has 0 aromatic heterocycles. The van der Waals surface area contributed by atoms with E-state index in [0.717, 1.165) is 16.7 Å². The summed E-state index contributed by atoms with van der Waals surface area (Å²) in [4.78, 5) is 36.5. The summed E-state index contributed by atoms with van der Waals surface area (Å²) in [6, 6.07) is 7.46. The summed E-state index contributed by atoms with van der Waals surface area (Å²) in [5.74, 6) is -3.61. The van der Waals surface area contributed by atoms with Crippen LogP contribution in [0.5, 0.6) is 5.75 Å². The SMILES string of the molecule is O=C(COc1ccccc1)NC1C(=O)N2C(C(=O)O)=C(OS(=O)(=O)F)CS[C@@H]12. The van der Waals surface area contributed by atoms with Gasteiger partial charge in [-0.2, -0.15) is 8.42 Å². The number of nitrogens with zero attached hydrogens (tertiary/aromatic N) is 1. The molecule has 0 saturated carbocycles. The van der Waals surface area contributed by atoms with E-state index in [4.69, 9.17) is 4.74 Å². The Morgan fingerprint density at radius 1 is 1.32 bits per heavy atom. The number of carbonyl (C=O) groups excluding carboxylic acids is 2. The Balaban J connectivity index is 1.66. The van der Waals surface area contributed by atoms with Crippen LogP contribution < -0.4 is 10.1 Å². The van der Waals surface area contributed by atoms with Crippen molar-refractivity contribution in [1.29, 1.82) is 0 Å². The maximum Gasteiger partial charge on any atom is 0.488 e. The molecule has 1 unspecified atom stereocenters. The van der Waals surface area contributed by atoms with Crippen molar-refractivity contribution in [3.05, 3.63) is 41.8 Å². The number of amides is 2. The second kappa shape index (κ2) is 7.67. The zero-order valence-corrected chi connectivity index (χ0v) is 15.5. The number of carbonyl (C=O) groups is 3. The maximum absolute atomic E-state index is 12.8. The standard InChI is InChI=1S/C15H13FN2O8S2/c16-28(23,24)26-9-7-27-14-11(13(20)18(14)12(9)15(21)22)17-10(19)6-25-8-4-2-1-3-5-8/h1-5,11,14H,6-7H2,(H,17,19)(H,21,22)/t11?,14-/m0/s1. The van der Waals surface area contributed by atoms with E-state index >= 15 is 0 Å². The van der Waals surface area contributed by atoms with E-state index in [0.29, 0.717) is 5.75 Å². The lowest BCUT2D eigenvalue weighted by atomic mass is 10.0. The number of hydrogen-bond donors (Lipinski definition) is 2. The van der Waals surface area contributed by atoms with Crippen molar-refractivity contribution in [3.8, 4) is 5.75 Å². The Morgan fingerprint density at radius 2 is 2.00 bits per heavy atom. The molecule has 2 aliphatic heterocycles. The molecule has 1 aromatic rings. The highest BCUT2D eigenvalue weighted by Crippen LogP contribution is 2.41. The van der Waals surface area contributed by atoms with E-state index in [2.05, 4.69) is 9.50 Å². The highest BCUT2D eigenvalue weighted by molar-refractivity contribution is 8.00. The number of ether oxygens (including phenoxy) is 1. The summed E-state index contributed by atoms with van der Waals surface area (Å²) in [5, 5.41) is 10.9. The van der Waals surface area contributed by atoms with Gasteiger partial charge in [-0.25, -0.2) is 4.79 Å². The number of halogens is 1. The summed E-state index contributed by atoms with van der Waals surface area (Å²) < 4.78 is 43.4. The third-order valence-corrected chi connectivity index (χ3v) is 5.42. The molecule has 0 aliphatic carbocycles. The minimum atomic E-state index is -5.45. The van der Waals surface area contributed by atoms with Crippen molar-refractivity contribution >= 4 is 40.0 Å². The molecular formula is C15H13FN2O8S2. The Morgan fingerprint density at radius 3 is 2.61 bits per heavy atom. The number of thioether (sulfide) groups is 1. The molecule has 0 radical (unpaired) electrons. The number of aliphatic carboxylic acids is 1. The van der Waals surface area contributed by atoms with E-state index < -0.39 is 51.2 Å². The molecule has 2 N–H and O–H groups in total. The normalized spacial score (nSPS) is 21.5. The topological polar surface area (TPSA) is 139 Å². The summed E-state index contributed by atoms with van der Waals surface area (Å²) in [5.41, 5.74) is -0.777. The lowest BCUT2D eigenvalue weighted by Gasteiger charge is -2.48. The lowest BCUT2D eigenvalue weighted by Crippen LogP contribution is -2.70. The molecule has 1 saturated heterocycles. The van der Waals surface area contributed by atoms with Gasteiger partial charge in [0.1, 0.15) is 17.2 Å². The van der Waals surface area contributed by atoms with Crippen LogP contribution in [0.4, 0.5) is 3.89 Å². The van der Waals surface area contributed by atoms with Gasteiger partial charge < -0.3 is 19.3 Å². The van der Waals surface area contributed by atoms with Crippen LogP contribution in [-0.4, -0.2) is 60.0 Å². The molecule has 2 atom stereocenters. The first-order chi connectivity index (χ1) is 13.2. The molecule has 3 rings (SSSR count). The first kappa shape index (κ1) is 19.9. The predicted molar refractivity (Wildman–Crippen MR) is 92.7 cm³/mol. The Bertz CT molecular complexity index is 950.